The van der Waals surface area contributed by atoms with Gasteiger partial charge in [0.1, 0.15) is 0 Å². The van der Waals surface area contributed by atoms with E-state index >= 15 is 0 Å². The van der Waals surface area contributed by atoms with E-state index in [0.29, 0.717) is 12.1 Å². The van der Waals surface area contributed by atoms with Gasteiger partial charge in [0.05, 0.1) is 23.3 Å². The predicted molar refractivity (Wildman–Crippen MR) is 102 cm³/mol. The average Bonchev–Trinajstić information content (AvgIpc) is 2.65. The van der Waals surface area contributed by atoms with E-state index in [2.05, 4.69) is 14.8 Å². The van der Waals surface area contributed by atoms with E-state index in [1.807, 2.05) is 6.92 Å². The third-order valence-electron chi connectivity index (χ3n) is 3.88. The molecule has 0 unspecified atom stereocenters. The van der Waals surface area contributed by atoms with Gasteiger partial charge in [0.15, 0.2) is 0 Å². The van der Waals surface area contributed by atoms with Crippen LogP contribution in [-0.2, 0) is 14.8 Å². The zero-order valence-corrected chi connectivity index (χ0v) is 16.2. The van der Waals surface area contributed by atoms with Crippen LogP contribution in [0, 0.1) is 6.92 Å². The van der Waals surface area contributed by atoms with E-state index in [9.17, 15) is 18.0 Å². The van der Waals surface area contributed by atoms with Crippen molar-refractivity contribution in [1.29, 1.82) is 0 Å². The summed E-state index contributed by atoms with van der Waals surface area (Å²) in [5.41, 5.74) is 1.14. The van der Waals surface area contributed by atoms with Crippen molar-refractivity contribution < 1.29 is 22.7 Å². The molecule has 0 radical (unpaired) electrons. The number of sulfonamides is 1. The average molecular weight is 390 g/mol. The van der Waals surface area contributed by atoms with Gasteiger partial charge in [-0.1, -0.05) is 25.1 Å². The topological polar surface area (TPSA) is 102 Å². The van der Waals surface area contributed by atoms with E-state index in [4.69, 9.17) is 0 Å². The number of ether oxygens (including phenoxy) is 1. The number of hydrogen-bond acceptors (Lipinski definition) is 5. The molecule has 0 bridgehead atoms. The number of esters is 1. The van der Waals surface area contributed by atoms with Gasteiger partial charge in [-0.3, -0.25) is 9.52 Å². The second kappa shape index (κ2) is 8.68. The second-order valence-electron chi connectivity index (χ2n) is 5.88. The SMILES string of the molecule is CCCNC(=O)c1cc(S(=O)(=O)Nc2ccccc2C(=O)OC)ccc1C. The van der Waals surface area contributed by atoms with E-state index < -0.39 is 16.0 Å². The molecule has 2 aromatic carbocycles. The molecule has 0 heterocycles. The van der Waals surface area contributed by atoms with Gasteiger partial charge >= 0.3 is 5.97 Å². The van der Waals surface area contributed by atoms with Crippen LogP contribution in [0.5, 0.6) is 0 Å². The molecule has 7 nitrogen and oxygen atoms in total. The largest absolute Gasteiger partial charge is 0.465 e. The molecule has 2 rings (SSSR count). The molecule has 0 aromatic heterocycles. The van der Waals surface area contributed by atoms with Gasteiger partial charge in [-0.2, -0.15) is 0 Å². The van der Waals surface area contributed by atoms with Crippen LogP contribution in [0.1, 0.15) is 39.6 Å². The first kappa shape index (κ1) is 20.4. The number of methoxy groups -OCH3 is 1. The Bertz CT molecular complexity index is 954. The molecule has 0 spiro atoms. The quantitative estimate of drug-likeness (QED) is 0.708. The number of nitrogens with one attached hydrogen (secondary N) is 2. The van der Waals surface area contributed by atoms with Crippen LogP contribution < -0.4 is 10.0 Å². The molecule has 0 aliphatic rings. The first-order chi connectivity index (χ1) is 12.8. The van der Waals surface area contributed by atoms with Gasteiger partial charge < -0.3 is 10.1 Å². The first-order valence-corrected chi connectivity index (χ1v) is 9.87. The summed E-state index contributed by atoms with van der Waals surface area (Å²) in [5, 5.41) is 2.73. The van der Waals surface area contributed by atoms with Crippen molar-refractivity contribution >= 4 is 27.6 Å². The normalized spacial score (nSPS) is 10.9. The number of rotatable bonds is 7. The molecule has 2 aromatic rings. The minimum atomic E-state index is -4.01. The number of carbonyl (C=O) groups excluding carboxylic acids is 2. The van der Waals surface area contributed by atoms with Gasteiger partial charge in [-0.15, -0.1) is 0 Å². The number of amides is 1. The molecule has 2 N–H and O–H groups in total. The maximum Gasteiger partial charge on any atom is 0.339 e. The molecule has 0 saturated heterocycles. The van der Waals surface area contributed by atoms with Crippen molar-refractivity contribution in [3.63, 3.8) is 0 Å². The molecular formula is C19H22N2O5S. The van der Waals surface area contributed by atoms with E-state index in [1.54, 1.807) is 25.1 Å². The molecule has 1 amide bonds. The maximum atomic E-state index is 12.8. The van der Waals surface area contributed by atoms with Gasteiger partial charge in [0.25, 0.3) is 15.9 Å². The number of benzene rings is 2. The molecule has 27 heavy (non-hydrogen) atoms. The predicted octanol–water partition coefficient (Wildman–Crippen LogP) is 2.72. The molecular weight excluding hydrogens is 368 g/mol. The zero-order valence-electron chi connectivity index (χ0n) is 15.4. The third kappa shape index (κ3) is 4.85. The number of anilines is 1. The lowest BCUT2D eigenvalue weighted by Crippen LogP contribution is -2.25. The Morgan fingerprint density at radius 2 is 1.78 bits per heavy atom. The van der Waals surface area contributed by atoms with Crippen molar-refractivity contribution in [1.82, 2.24) is 5.32 Å². The van der Waals surface area contributed by atoms with E-state index in [1.165, 1.54) is 31.4 Å². The highest BCUT2D eigenvalue weighted by Gasteiger charge is 2.21. The Kier molecular flexibility index (Phi) is 6.57. The minimum absolute atomic E-state index is 0.0746. The standard InChI is InChI=1S/C19H22N2O5S/c1-4-11-20-18(22)16-12-14(10-9-13(16)2)27(24,25)21-17-8-6-5-7-15(17)19(23)26-3/h5-10,12,21H,4,11H2,1-3H3,(H,20,22). The van der Waals surface area contributed by atoms with Gasteiger partial charge in [-0.05, 0) is 43.2 Å². The summed E-state index contributed by atoms with van der Waals surface area (Å²) in [4.78, 5) is 24.0. The van der Waals surface area contributed by atoms with E-state index in [0.717, 1.165) is 6.42 Å². The summed E-state index contributed by atoms with van der Waals surface area (Å²) in [6.45, 7) is 4.16. The molecule has 8 heteroatoms. The highest BCUT2D eigenvalue weighted by Crippen LogP contribution is 2.22. The van der Waals surface area contributed by atoms with Crippen LogP contribution >= 0.6 is 0 Å². The van der Waals surface area contributed by atoms with Crippen molar-refractivity contribution in [3.8, 4) is 0 Å². The molecule has 0 aliphatic heterocycles. The second-order valence-corrected chi connectivity index (χ2v) is 7.56. The summed E-state index contributed by atoms with van der Waals surface area (Å²) >= 11 is 0. The van der Waals surface area contributed by atoms with Crippen LogP contribution in [0.2, 0.25) is 0 Å². The van der Waals surface area contributed by atoms with Crippen molar-refractivity contribution in [3.05, 3.63) is 59.2 Å². The van der Waals surface area contributed by atoms with Crippen LogP contribution in [0.25, 0.3) is 0 Å². The summed E-state index contributed by atoms with van der Waals surface area (Å²) < 4.78 is 32.6. The highest BCUT2D eigenvalue weighted by atomic mass is 32.2. The summed E-state index contributed by atoms with van der Waals surface area (Å²) in [6.07, 6.45) is 0.772. The summed E-state index contributed by atoms with van der Waals surface area (Å²) in [5.74, 6) is -0.988. The third-order valence-corrected chi connectivity index (χ3v) is 5.24. The lowest BCUT2D eigenvalue weighted by Gasteiger charge is -2.13. The Labute approximate surface area is 158 Å². The Morgan fingerprint density at radius 3 is 2.44 bits per heavy atom. The fourth-order valence-corrected chi connectivity index (χ4v) is 3.52. The number of carbonyl (C=O) groups is 2. The molecule has 0 atom stereocenters. The lowest BCUT2D eigenvalue weighted by atomic mass is 10.1. The fraction of sp³-hybridized carbons (Fsp3) is 0.263. The van der Waals surface area contributed by atoms with Gasteiger partial charge in [0.2, 0.25) is 0 Å². The van der Waals surface area contributed by atoms with Gasteiger partial charge in [0, 0.05) is 12.1 Å². The molecule has 0 aliphatic carbocycles. The highest BCUT2D eigenvalue weighted by molar-refractivity contribution is 7.92. The summed E-state index contributed by atoms with van der Waals surface area (Å²) in [7, 11) is -2.79. The smallest absolute Gasteiger partial charge is 0.339 e. The Morgan fingerprint density at radius 1 is 1.07 bits per heavy atom. The molecule has 144 valence electrons. The fourth-order valence-electron chi connectivity index (χ4n) is 2.41. The minimum Gasteiger partial charge on any atom is -0.465 e. The Hall–Kier alpha value is -2.87. The van der Waals surface area contributed by atoms with E-state index in [-0.39, 0.29) is 27.6 Å². The number of hydrogen-bond donors (Lipinski definition) is 2. The van der Waals surface area contributed by atoms with Crippen LogP contribution in [0.15, 0.2) is 47.4 Å². The lowest BCUT2D eigenvalue weighted by molar-refractivity contribution is 0.0601. The molecule has 0 saturated carbocycles. The number of para-hydroxylation sites is 1. The van der Waals surface area contributed by atoms with Crippen molar-refractivity contribution in [2.24, 2.45) is 0 Å². The van der Waals surface area contributed by atoms with Gasteiger partial charge in [-0.25, -0.2) is 13.2 Å². The summed E-state index contributed by atoms with van der Waals surface area (Å²) in [6, 6.07) is 10.4. The van der Waals surface area contributed by atoms with Crippen LogP contribution in [0.4, 0.5) is 5.69 Å². The van der Waals surface area contributed by atoms with Crippen molar-refractivity contribution in [2.75, 3.05) is 18.4 Å². The Balaban J connectivity index is 2.38. The van der Waals surface area contributed by atoms with Crippen molar-refractivity contribution in [2.45, 2.75) is 25.2 Å². The molecule has 0 fully saturated rings. The zero-order chi connectivity index (χ0) is 20.0. The number of aryl methyl sites for hydroxylation is 1. The maximum absolute atomic E-state index is 12.8. The monoisotopic (exact) mass is 390 g/mol. The van der Waals surface area contributed by atoms with Crippen LogP contribution in [-0.4, -0.2) is 33.9 Å². The van der Waals surface area contributed by atoms with Crippen LogP contribution in [0.3, 0.4) is 0 Å². The first-order valence-electron chi connectivity index (χ1n) is 8.39.